The highest BCUT2D eigenvalue weighted by atomic mass is 16.5. The van der Waals surface area contributed by atoms with Crippen LogP contribution < -0.4 is 4.90 Å². The van der Waals surface area contributed by atoms with Gasteiger partial charge in [-0.3, -0.25) is 19.4 Å². The van der Waals surface area contributed by atoms with Gasteiger partial charge in [0, 0.05) is 45.0 Å². The first-order valence-electron chi connectivity index (χ1n) is 12.4. The Morgan fingerprint density at radius 1 is 0.838 bits per heavy atom. The fraction of sp³-hybridized carbons (Fsp3) is 0.241. The highest BCUT2D eigenvalue weighted by Crippen LogP contribution is 2.23. The molecule has 188 valence electrons. The van der Waals surface area contributed by atoms with E-state index in [0.29, 0.717) is 17.7 Å². The van der Waals surface area contributed by atoms with Crippen LogP contribution in [0.15, 0.2) is 85.1 Å². The molecule has 0 radical (unpaired) electrons. The predicted molar refractivity (Wildman–Crippen MR) is 140 cm³/mol. The van der Waals surface area contributed by atoms with Gasteiger partial charge in [-0.1, -0.05) is 48.5 Å². The van der Waals surface area contributed by atoms with Crippen LogP contribution in [0.1, 0.15) is 26.3 Å². The number of amides is 2. The van der Waals surface area contributed by atoms with Crippen LogP contribution in [0.4, 0.5) is 5.82 Å². The van der Waals surface area contributed by atoms with Crippen molar-refractivity contribution in [1.29, 1.82) is 0 Å². The number of aromatic nitrogens is 1. The number of nitrogens with zero attached hydrogens (tertiary/aromatic N) is 4. The topological polar surface area (TPSA) is 83.1 Å². The number of carbonyl (C=O) groups excluding carboxylic acids is 3. The Morgan fingerprint density at radius 2 is 1.49 bits per heavy atom. The van der Waals surface area contributed by atoms with Crippen molar-refractivity contribution in [2.45, 2.75) is 6.10 Å². The molecule has 0 N–H and O–H groups in total. The lowest BCUT2D eigenvalue weighted by molar-refractivity contribution is -0.144. The third-order valence-corrected chi connectivity index (χ3v) is 6.57. The number of rotatable bonds is 8. The van der Waals surface area contributed by atoms with Crippen LogP contribution in [0.25, 0.3) is 6.08 Å². The summed E-state index contributed by atoms with van der Waals surface area (Å²) < 4.78 is 5.80. The van der Waals surface area contributed by atoms with E-state index in [4.69, 9.17) is 4.74 Å². The van der Waals surface area contributed by atoms with Crippen molar-refractivity contribution in [3.63, 3.8) is 0 Å². The zero-order valence-electron chi connectivity index (χ0n) is 20.4. The molecule has 2 amide bonds. The smallest absolute Gasteiger partial charge is 0.331 e. The van der Waals surface area contributed by atoms with E-state index in [2.05, 4.69) is 14.8 Å². The maximum absolute atomic E-state index is 13.0. The average molecular weight is 497 g/mol. The van der Waals surface area contributed by atoms with E-state index in [0.717, 1.165) is 37.6 Å². The summed E-state index contributed by atoms with van der Waals surface area (Å²) in [4.78, 5) is 48.7. The van der Waals surface area contributed by atoms with E-state index in [1.165, 1.54) is 11.0 Å². The van der Waals surface area contributed by atoms with Gasteiger partial charge in [0.25, 0.3) is 11.8 Å². The van der Waals surface area contributed by atoms with E-state index >= 15 is 0 Å². The number of piperazine rings is 1. The third-order valence-electron chi connectivity index (χ3n) is 6.57. The molecule has 1 unspecified atom stereocenters. The summed E-state index contributed by atoms with van der Waals surface area (Å²) in [6, 6.07) is 22.1. The van der Waals surface area contributed by atoms with Crippen molar-refractivity contribution < 1.29 is 19.1 Å². The predicted octanol–water partition coefficient (Wildman–Crippen LogP) is 3.13. The van der Waals surface area contributed by atoms with Crippen molar-refractivity contribution in [3.05, 3.63) is 102 Å². The lowest BCUT2D eigenvalue weighted by Crippen LogP contribution is -2.51. The van der Waals surface area contributed by atoms with E-state index in [1.54, 1.807) is 36.5 Å². The Morgan fingerprint density at radius 3 is 2.14 bits per heavy atom. The molecular formula is C29H28N4O4. The normalized spacial score (nSPS) is 16.8. The van der Waals surface area contributed by atoms with E-state index in [9.17, 15) is 14.4 Å². The number of esters is 1. The molecule has 2 aliphatic heterocycles. The van der Waals surface area contributed by atoms with Crippen molar-refractivity contribution in [1.82, 2.24) is 14.8 Å². The molecule has 1 aromatic heterocycles. The van der Waals surface area contributed by atoms with Crippen molar-refractivity contribution in [3.8, 4) is 0 Å². The van der Waals surface area contributed by atoms with Gasteiger partial charge >= 0.3 is 5.97 Å². The first-order chi connectivity index (χ1) is 18.1. The number of carbonyl (C=O) groups is 3. The Labute approximate surface area is 215 Å². The summed E-state index contributed by atoms with van der Waals surface area (Å²) in [5, 5.41) is 0. The highest BCUT2D eigenvalue weighted by molar-refractivity contribution is 6.21. The SMILES string of the molecule is O=C(C=Cc1ccccc1)OC(CN1CCN(c2ccccn2)CC1)CN1C(=O)c2ccccc2C1=O. The van der Waals surface area contributed by atoms with Crippen LogP contribution in [0.5, 0.6) is 0 Å². The van der Waals surface area contributed by atoms with Gasteiger partial charge < -0.3 is 9.64 Å². The fourth-order valence-electron chi connectivity index (χ4n) is 4.66. The third kappa shape index (κ3) is 5.76. The largest absolute Gasteiger partial charge is 0.456 e. The van der Waals surface area contributed by atoms with Crippen LogP contribution in [0, 0.1) is 0 Å². The first kappa shape index (κ1) is 24.4. The van der Waals surface area contributed by atoms with Gasteiger partial charge in [0.2, 0.25) is 0 Å². The van der Waals surface area contributed by atoms with Crippen molar-refractivity contribution >= 4 is 29.7 Å². The second-order valence-electron chi connectivity index (χ2n) is 9.04. The summed E-state index contributed by atoms with van der Waals surface area (Å²) >= 11 is 0. The summed E-state index contributed by atoms with van der Waals surface area (Å²) in [7, 11) is 0. The van der Waals surface area contributed by atoms with Gasteiger partial charge in [-0.25, -0.2) is 9.78 Å². The molecule has 1 atom stereocenters. The van der Waals surface area contributed by atoms with E-state index < -0.39 is 12.1 Å². The maximum atomic E-state index is 13.0. The van der Waals surface area contributed by atoms with Crippen LogP contribution >= 0.6 is 0 Å². The molecule has 0 saturated carbocycles. The molecule has 1 fully saturated rings. The fourth-order valence-corrected chi connectivity index (χ4v) is 4.66. The van der Waals surface area contributed by atoms with Crippen LogP contribution in [-0.2, 0) is 9.53 Å². The van der Waals surface area contributed by atoms with E-state index in [-0.39, 0.29) is 18.4 Å². The molecule has 37 heavy (non-hydrogen) atoms. The Hall–Kier alpha value is -4.30. The number of imide groups is 1. The number of hydrogen-bond acceptors (Lipinski definition) is 7. The zero-order chi connectivity index (χ0) is 25.6. The van der Waals surface area contributed by atoms with Gasteiger partial charge in [-0.05, 0) is 35.9 Å². The number of anilines is 1. The Bertz CT molecular complexity index is 1250. The summed E-state index contributed by atoms with van der Waals surface area (Å²) in [5.74, 6) is -0.303. The zero-order valence-corrected chi connectivity index (χ0v) is 20.4. The van der Waals surface area contributed by atoms with Gasteiger partial charge in [-0.2, -0.15) is 0 Å². The molecule has 0 aliphatic carbocycles. The number of benzene rings is 2. The second-order valence-corrected chi connectivity index (χ2v) is 9.04. The van der Waals surface area contributed by atoms with Crippen molar-refractivity contribution in [2.24, 2.45) is 0 Å². The molecular weight excluding hydrogens is 468 g/mol. The lowest BCUT2D eigenvalue weighted by atomic mass is 10.1. The molecule has 3 heterocycles. The summed E-state index contributed by atoms with van der Waals surface area (Å²) in [6.45, 7) is 3.45. The Balaban J connectivity index is 1.27. The first-order valence-corrected chi connectivity index (χ1v) is 12.4. The van der Waals surface area contributed by atoms with Gasteiger partial charge in [0.15, 0.2) is 0 Å². The molecule has 8 heteroatoms. The lowest BCUT2D eigenvalue weighted by Gasteiger charge is -2.37. The molecule has 8 nitrogen and oxygen atoms in total. The van der Waals surface area contributed by atoms with Crippen LogP contribution in [0.3, 0.4) is 0 Å². The standard InChI is InChI=1S/C29H28N4O4/c34-27(14-13-22-8-2-1-3-9-22)37-23(21-33-28(35)24-10-4-5-11-25(24)29(33)36)20-31-16-18-32(19-17-31)26-12-6-7-15-30-26/h1-15,23H,16-21H2. The minimum atomic E-state index is -0.670. The quantitative estimate of drug-likeness (QED) is 0.269. The molecule has 5 rings (SSSR count). The van der Waals surface area contributed by atoms with Crippen LogP contribution in [-0.4, -0.2) is 77.9 Å². The maximum Gasteiger partial charge on any atom is 0.331 e. The minimum Gasteiger partial charge on any atom is -0.456 e. The van der Waals surface area contributed by atoms with Crippen molar-refractivity contribution in [2.75, 3.05) is 44.2 Å². The number of pyridine rings is 1. The molecule has 2 aliphatic rings. The average Bonchev–Trinajstić information content (AvgIpc) is 3.18. The number of ether oxygens (including phenoxy) is 1. The molecule has 1 saturated heterocycles. The van der Waals surface area contributed by atoms with Gasteiger partial charge in [0.05, 0.1) is 17.7 Å². The van der Waals surface area contributed by atoms with E-state index in [1.807, 2.05) is 48.5 Å². The summed E-state index contributed by atoms with van der Waals surface area (Å²) in [5.41, 5.74) is 1.64. The second kappa shape index (κ2) is 11.2. The molecule has 0 spiro atoms. The highest BCUT2D eigenvalue weighted by Gasteiger charge is 2.37. The van der Waals surface area contributed by atoms with Crippen LogP contribution in [0.2, 0.25) is 0 Å². The van der Waals surface area contributed by atoms with Gasteiger partial charge in [0.1, 0.15) is 11.9 Å². The summed E-state index contributed by atoms with van der Waals surface area (Å²) in [6.07, 6.45) is 4.18. The number of fused-ring (bicyclic) bond motifs is 1. The number of hydrogen-bond donors (Lipinski definition) is 0. The monoisotopic (exact) mass is 496 g/mol. The minimum absolute atomic E-state index is 0.00226. The molecule has 2 aromatic carbocycles. The Kier molecular flexibility index (Phi) is 7.37. The molecule has 0 bridgehead atoms. The van der Waals surface area contributed by atoms with Gasteiger partial charge in [-0.15, -0.1) is 0 Å². The molecule has 3 aromatic rings.